The molecule has 1 heterocycles. The molecule has 0 aliphatic carbocycles. The Morgan fingerprint density at radius 1 is 0.703 bits per heavy atom. The Morgan fingerprint density at radius 3 is 1.70 bits per heavy atom. The molecule has 0 aromatic heterocycles. The molecule has 37 heavy (non-hydrogen) atoms. The highest BCUT2D eigenvalue weighted by atomic mass is 28.3. The van der Waals surface area contributed by atoms with Crippen LogP contribution in [0, 0.1) is 11.5 Å². The van der Waals surface area contributed by atoms with E-state index in [9.17, 15) is 0 Å². The molecular formula is C35H58OSi. The van der Waals surface area contributed by atoms with Gasteiger partial charge in [-0.2, -0.15) is 0 Å². The van der Waals surface area contributed by atoms with Crippen molar-refractivity contribution in [3.05, 3.63) is 58.2 Å². The van der Waals surface area contributed by atoms with E-state index in [2.05, 4.69) is 110 Å². The fourth-order valence-corrected chi connectivity index (χ4v) is 4.96. The molecule has 1 aliphatic rings. The topological polar surface area (TPSA) is 12.5 Å². The lowest BCUT2D eigenvalue weighted by Gasteiger charge is -2.06. The summed E-state index contributed by atoms with van der Waals surface area (Å²) in [6, 6.07) is 0. The van der Waals surface area contributed by atoms with Crippen molar-refractivity contribution >= 4 is 8.07 Å². The van der Waals surface area contributed by atoms with Crippen molar-refractivity contribution in [1.82, 2.24) is 0 Å². The summed E-state index contributed by atoms with van der Waals surface area (Å²) in [6.45, 7) is 22.6. The first-order valence-corrected chi connectivity index (χ1v) is 18.2. The number of unbranched alkanes of at least 4 members (excludes halogenated alkanes) is 1. The van der Waals surface area contributed by atoms with Gasteiger partial charge in [0.1, 0.15) is 8.07 Å². The van der Waals surface area contributed by atoms with Crippen LogP contribution in [0.2, 0.25) is 19.6 Å². The summed E-state index contributed by atoms with van der Waals surface area (Å²) in [7, 11) is -1.29. The molecule has 0 spiro atoms. The van der Waals surface area contributed by atoms with Gasteiger partial charge in [0.15, 0.2) is 0 Å². The summed E-state index contributed by atoms with van der Waals surface area (Å²) in [5, 5.41) is 0. The zero-order chi connectivity index (χ0) is 27.9. The van der Waals surface area contributed by atoms with E-state index in [1.807, 2.05) is 0 Å². The van der Waals surface area contributed by atoms with Crippen LogP contribution in [-0.4, -0.2) is 19.8 Å². The molecule has 1 atom stereocenters. The predicted octanol–water partition coefficient (Wildman–Crippen LogP) is 11.1. The SMILES string of the molecule is CC(C)=CCC/C(=C\CC/C(C)=C/CC/C=C(\C)CC/C=C(\C)CCC1OC1(C)C)CC#C[Si](C)(C)C. The minimum absolute atomic E-state index is 0.125. The van der Waals surface area contributed by atoms with E-state index < -0.39 is 8.07 Å². The smallest absolute Gasteiger partial charge is 0.129 e. The molecule has 1 fully saturated rings. The number of hydrogen-bond acceptors (Lipinski definition) is 1. The number of epoxide rings is 1. The van der Waals surface area contributed by atoms with E-state index in [-0.39, 0.29) is 5.60 Å². The summed E-state index contributed by atoms with van der Waals surface area (Å²) in [5.74, 6) is 3.48. The summed E-state index contributed by atoms with van der Waals surface area (Å²) < 4.78 is 5.70. The van der Waals surface area contributed by atoms with Gasteiger partial charge < -0.3 is 4.74 Å². The van der Waals surface area contributed by atoms with Crippen molar-refractivity contribution < 1.29 is 4.74 Å². The zero-order valence-electron chi connectivity index (χ0n) is 26.2. The van der Waals surface area contributed by atoms with Crippen LogP contribution < -0.4 is 0 Å². The summed E-state index contributed by atoms with van der Waals surface area (Å²) >= 11 is 0. The highest BCUT2D eigenvalue weighted by Crippen LogP contribution is 2.38. The van der Waals surface area contributed by atoms with E-state index in [4.69, 9.17) is 4.74 Å². The monoisotopic (exact) mass is 522 g/mol. The highest BCUT2D eigenvalue weighted by molar-refractivity contribution is 6.83. The molecule has 0 amide bonds. The average molecular weight is 523 g/mol. The number of ether oxygens (including phenoxy) is 1. The Kier molecular flexibility index (Phi) is 15.5. The predicted molar refractivity (Wildman–Crippen MR) is 170 cm³/mol. The van der Waals surface area contributed by atoms with E-state index in [0.29, 0.717) is 6.10 Å². The fraction of sp³-hybridized carbons (Fsp3) is 0.657. The van der Waals surface area contributed by atoms with Crippen LogP contribution in [0.4, 0.5) is 0 Å². The molecule has 0 radical (unpaired) electrons. The standard InChI is InChI=1S/C35H58OSi/c1-29(2)17-13-23-33(25-16-28-37(8,9)10)24-15-22-31(4)19-12-11-18-30(3)20-14-21-32(5)26-27-34-35(6,7)36-34/h17-19,21,24,34H,11-15,20,22-23,25-27H2,1-10H3/b30-18+,31-19+,32-21+,33-24+. The highest BCUT2D eigenvalue weighted by Gasteiger charge is 2.46. The lowest BCUT2D eigenvalue weighted by Crippen LogP contribution is -2.16. The molecule has 1 rings (SSSR count). The Balaban J connectivity index is 2.37. The van der Waals surface area contributed by atoms with Gasteiger partial charge in [0.05, 0.1) is 11.7 Å². The van der Waals surface area contributed by atoms with Gasteiger partial charge in [-0.1, -0.05) is 77.9 Å². The van der Waals surface area contributed by atoms with Crippen molar-refractivity contribution in [2.24, 2.45) is 0 Å². The largest absolute Gasteiger partial charge is 0.367 e. The third kappa shape index (κ3) is 18.3. The van der Waals surface area contributed by atoms with Gasteiger partial charge >= 0.3 is 0 Å². The van der Waals surface area contributed by atoms with Crippen LogP contribution in [-0.2, 0) is 4.74 Å². The molecule has 0 saturated carbocycles. The molecule has 2 heteroatoms. The molecule has 1 aliphatic heterocycles. The maximum atomic E-state index is 5.70. The van der Waals surface area contributed by atoms with Crippen molar-refractivity contribution in [1.29, 1.82) is 0 Å². The first kappa shape index (κ1) is 33.5. The average Bonchev–Trinajstić information content (AvgIpc) is 3.40. The Bertz CT molecular complexity index is 901. The lowest BCUT2D eigenvalue weighted by molar-refractivity contribution is 0.320. The maximum absolute atomic E-state index is 5.70. The quantitative estimate of drug-likeness (QED) is 0.0645. The summed E-state index contributed by atoms with van der Waals surface area (Å²) in [5.41, 5.74) is 11.1. The van der Waals surface area contributed by atoms with E-state index >= 15 is 0 Å². The Morgan fingerprint density at radius 2 is 1.19 bits per heavy atom. The number of rotatable bonds is 16. The van der Waals surface area contributed by atoms with Crippen LogP contribution in [0.1, 0.15) is 119 Å². The van der Waals surface area contributed by atoms with Gasteiger partial charge in [0.25, 0.3) is 0 Å². The van der Waals surface area contributed by atoms with Crippen LogP contribution in [0.15, 0.2) is 58.2 Å². The minimum atomic E-state index is -1.29. The second-order valence-electron chi connectivity index (χ2n) is 13.0. The van der Waals surface area contributed by atoms with Crippen LogP contribution >= 0.6 is 0 Å². The van der Waals surface area contributed by atoms with E-state index in [1.54, 1.807) is 0 Å². The summed E-state index contributed by atoms with van der Waals surface area (Å²) in [6.07, 6.45) is 25.0. The number of allylic oxidation sites excluding steroid dienone is 10. The summed E-state index contributed by atoms with van der Waals surface area (Å²) in [4.78, 5) is 0. The molecule has 1 saturated heterocycles. The van der Waals surface area contributed by atoms with Crippen molar-refractivity contribution in [3.63, 3.8) is 0 Å². The molecule has 0 N–H and O–H groups in total. The molecule has 1 unspecified atom stereocenters. The molecule has 1 nitrogen and oxygen atoms in total. The zero-order valence-corrected chi connectivity index (χ0v) is 27.2. The van der Waals surface area contributed by atoms with Crippen LogP contribution in [0.25, 0.3) is 0 Å². The van der Waals surface area contributed by atoms with Crippen molar-refractivity contribution in [2.75, 3.05) is 0 Å². The third-order valence-corrected chi connectivity index (χ3v) is 7.84. The Hall–Kier alpha value is -1.56. The molecule has 0 bridgehead atoms. The molecule has 0 aromatic carbocycles. The van der Waals surface area contributed by atoms with Crippen LogP contribution in [0.5, 0.6) is 0 Å². The maximum Gasteiger partial charge on any atom is 0.129 e. The second-order valence-corrected chi connectivity index (χ2v) is 17.7. The van der Waals surface area contributed by atoms with Gasteiger partial charge in [-0.25, -0.2) is 0 Å². The lowest BCUT2D eigenvalue weighted by atomic mass is 10.0. The first-order chi connectivity index (χ1) is 17.3. The molecule has 208 valence electrons. The van der Waals surface area contributed by atoms with Gasteiger partial charge in [0.2, 0.25) is 0 Å². The van der Waals surface area contributed by atoms with Gasteiger partial charge in [-0.05, 0) is 113 Å². The second kappa shape index (κ2) is 17.1. The molecular weight excluding hydrogens is 464 g/mol. The van der Waals surface area contributed by atoms with E-state index in [0.717, 1.165) is 57.8 Å². The minimum Gasteiger partial charge on any atom is -0.367 e. The number of hydrogen-bond donors (Lipinski definition) is 0. The van der Waals surface area contributed by atoms with Gasteiger partial charge in [-0.15, -0.1) is 11.5 Å². The fourth-order valence-electron chi connectivity index (χ4n) is 4.35. The van der Waals surface area contributed by atoms with Crippen molar-refractivity contribution in [2.45, 2.75) is 150 Å². The van der Waals surface area contributed by atoms with Crippen molar-refractivity contribution in [3.8, 4) is 11.5 Å². The normalized spacial score (nSPS) is 18.4. The first-order valence-electron chi connectivity index (χ1n) is 14.7. The Labute approximate surface area is 232 Å². The third-order valence-electron chi connectivity index (χ3n) is 6.92. The van der Waals surface area contributed by atoms with Crippen LogP contribution in [0.3, 0.4) is 0 Å². The molecule has 0 aromatic rings. The van der Waals surface area contributed by atoms with Gasteiger partial charge in [0, 0.05) is 6.42 Å². The van der Waals surface area contributed by atoms with E-state index in [1.165, 1.54) is 40.7 Å². The van der Waals surface area contributed by atoms with Gasteiger partial charge in [-0.3, -0.25) is 0 Å².